The van der Waals surface area contributed by atoms with Crippen molar-refractivity contribution in [2.75, 3.05) is 13.6 Å². The summed E-state index contributed by atoms with van der Waals surface area (Å²) in [6.07, 6.45) is 5.72. The summed E-state index contributed by atoms with van der Waals surface area (Å²) in [6, 6.07) is 6.82. The summed E-state index contributed by atoms with van der Waals surface area (Å²) in [5.41, 5.74) is 2.89. The first-order valence-electron chi connectivity index (χ1n) is 8.10. The van der Waals surface area contributed by atoms with Gasteiger partial charge in [0.15, 0.2) is 0 Å². The van der Waals surface area contributed by atoms with E-state index in [1.54, 1.807) is 0 Å². The van der Waals surface area contributed by atoms with Crippen LogP contribution in [0.5, 0.6) is 5.75 Å². The van der Waals surface area contributed by atoms with Gasteiger partial charge in [0.1, 0.15) is 11.4 Å². The van der Waals surface area contributed by atoms with Gasteiger partial charge < -0.3 is 10.1 Å². The zero-order chi connectivity index (χ0) is 14.6. The molecule has 0 amide bonds. The summed E-state index contributed by atoms with van der Waals surface area (Å²) < 4.78 is 6.30. The number of benzene rings is 1. The van der Waals surface area contributed by atoms with E-state index in [9.17, 15) is 0 Å². The topological polar surface area (TPSA) is 21.3 Å². The monoisotopic (exact) mass is 275 g/mol. The van der Waals surface area contributed by atoms with Gasteiger partial charge in [0.05, 0.1) is 0 Å². The second kappa shape index (κ2) is 6.62. The summed E-state index contributed by atoms with van der Waals surface area (Å²) in [7, 11) is 2.01. The Morgan fingerprint density at radius 2 is 2.15 bits per heavy atom. The zero-order valence-corrected chi connectivity index (χ0v) is 13.5. The Kier molecular flexibility index (Phi) is 5.09. The minimum atomic E-state index is 0.0119. The summed E-state index contributed by atoms with van der Waals surface area (Å²) in [5.74, 6) is 1.76. The van der Waals surface area contributed by atoms with Crippen molar-refractivity contribution in [1.82, 2.24) is 5.32 Å². The lowest BCUT2D eigenvalue weighted by Crippen LogP contribution is -2.36. The molecule has 0 radical (unpaired) electrons. The standard InChI is InChI=1S/C18H29NO/c1-5-7-14(3)15-8-9-17-16(12-15)13-18(6-2,20-17)10-11-19-4/h8-9,12,14,19H,5-7,10-11,13H2,1-4H3. The van der Waals surface area contributed by atoms with Gasteiger partial charge >= 0.3 is 0 Å². The molecule has 2 rings (SSSR count). The zero-order valence-electron chi connectivity index (χ0n) is 13.5. The molecule has 0 spiro atoms. The highest BCUT2D eigenvalue weighted by atomic mass is 16.5. The molecule has 0 aliphatic carbocycles. The maximum Gasteiger partial charge on any atom is 0.123 e. The molecule has 0 fully saturated rings. The smallest absolute Gasteiger partial charge is 0.123 e. The van der Waals surface area contributed by atoms with Crippen molar-refractivity contribution in [1.29, 1.82) is 0 Å². The summed E-state index contributed by atoms with van der Waals surface area (Å²) >= 11 is 0. The predicted octanol–water partition coefficient (Wildman–Crippen LogP) is 4.28. The Labute approximate surface area is 123 Å². The molecule has 1 heterocycles. The second-order valence-electron chi connectivity index (χ2n) is 6.23. The van der Waals surface area contributed by atoms with Crippen LogP contribution in [0, 0.1) is 0 Å². The lowest BCUT2D eigenvalue weighted by Gasteiger charge is -2.27. The van der Waals surface area contributed by atoms with E-state index in [1.165, 1.54) is 24.0 Å². The van der Waals surface area contributed by atoms with Crippen LogP contribution in [0.2, 0.25) is 0 Å². The van der Waals surface area contributed by atoms with Crippen molar-refractivity contribution >= 4 is 0 Å². The first-order valence-corrected chi connectivity index (χ1v) is 8.10. The van der Waals surface area contributed by atoms with Gasteiger partial charge in [-0.25, -0.2) is 0 Å². The molecule has 20 heavy (non-hydrogen) atoms. The molecule has 1 aliphatic rings. The van der Waals surface area contributed by atoms with Gasteiger partial charge in [-0.1, -0.05) is 39.3 Å². The van der Waals surface area contributed by atoms with Gasteiger partial charge in [0, 0.05) is 6.42 Å². The molecule has 1 aromatic rings. The molecule has 0 saturated carbocycles. The van der Waals surface area contributed by atoms with E-state index in [1.807, 2.05) is 7.05 Å². The Morgan fingerprint density at radius 1 is 1.35 bits per heavy atom. The van der Waals surface area contributed by atoms with Crippen molar-refractivity contribution in [3.05, 3.63) is 29.3 Å². The van der Waals surface area contributed by atoms with Crippen molar-refractivity contribution in [3.63, 3.8) is 0 Å². The Morgan fingerprint density at radius 3 is 2.80 bits per heavy atom. The lowest BCUT2D eigenvalue weighted by atomic mass is 9.89. The van der Waals surface area contributed by atoms with Crippen LogP contribution in [0.1, 0.15) is 63.5 Å². The minimum Gasteiger partial charge on any atom is -0.487 e. The molecule has 1 N–H and O–H groups in total. The fraction of sp³-hybridized carbons (Fsp3) is 0.667. The average molecular weight is 275 g/mol. The predicted molar refractivity (Wildman–Crippen MR) is 85.7 cm³/mol. The van der Waals surface area contributed by atoms with Crippen LogP contribution in [-0.4, -0.2) is 19.2 Å². The summed E-state index contributed by atoms with van der Waals surface area (Å²) in [4.78, 5) is 0. The van der Waals surface area contributed by atoms with Crippen molar-refractivity contribution in [3.8, 4) is 5.75 Å². The molecule has 1 aliphatic heterocycles. The van der Waals surface area contributed by atoms with Crippen molar-refractivity contribution < 1.29 is 4.74 Å². The van der Waals surface area contributed by atoms with Crippen molar-refractivity contribution in [2.45, 2.75) is 64.4 Å². The van der Waals surface area contributed by atoms with Gasteiger partial charge in [-0.2, -0.15) is 0 Å². The average Bonchev–Trinajstić information content (AvgIpc) is 2.83. The Hall–Kier alpha value is -1.02. The number of hydrogen-bond donors (Lipinski definition) is 1. The van der Waals surface area contributed by atoms with Gasteiger partial charge in [0.25, 0.3) is 0 Å². The third-order valence-corrected chi connectivity index (χ3v) is 4.69. The number of ether oxygens (including phenoxy) is 1. The molecule has 112 valence electrons. The fourth-order valence-corrected chi connectivity index (χ4v) is 3.23. The summed E-state index contributed by atoms with van der Waals surface area (Å²) in [6.45, 7) is 7.84. The molecule has 0 saturated heterocycles. The van der Waals surface area contributed by atoms with Crippen LogP contribution >= 0.6 is 0 Å². The number of nitrogens with one attached hydrogen (secondary N) is 1. The third-order valence-electron chi connectivity index (χ3n) is 4.69. The highest BCUT2D eigenvalue weighted by Crippen LogP contribution is 2.40. The molecular weight excluding hydrogens is 246 g/mol. The minimum absolute atomic E-state index is 0.0119. The molecule has 2 nitrogen and oxygen atoms in total. The lowest BCUT2D eigenvalue weighted by molar-refractivity contribution is 0.0808. The van der Waals surface area contributed by atoms with Gasteiger partial charge in [0.2, 0.25) is 0 Å². The maximum atomic E-state index is 6.30. The Bertz CT molecular complexity index is 443. The van der Waals surface area contributed by atoms with Gasteiger partial charge in [-0.15, -0.1) is 0 Å². The molecule has 2 unspecified atom stereocenters. The van der Waals surface area contributed by atoms with Crippen LogP contribution in [0.4, 0.5) is 0 Å². The normalized spacial score (nSPS) is 22.4. The highest BCUT2D eigenvalue weighted by Gasteiger charge is 2.37. The van der Waals surface area contributed by atoms with Crippen LogP contribution in [0.15, 0.2) is 18.2 Å². The van der Waals surface area contributed by atoms with E-state index in [2.05, 4.69) is 44.3 Å². The molecular formula is C18H29NO. The largest absolute Gasteiger partial charge is 0.487 e. The van der Waals surface area contributed by atoms with E-state index in [4.69, 9.17) is 4.74 Å². The molecule has 0 aromatic heterocycles. The summed E-state index contributed by atoms with van der Waals surface area (Å²) in [5, 5.41) is 3.25. The Balaban J connectivity index is 2.15. The highest BCUT2D eigenvalue weighted by molar-refractivity contribution is 5.43. The van der Waals surface area contributed by atoms with E-state index < -0.39 is 0 Å². The van der Waals surface area contributed by atoms with E-state index in [0.717, 1.165) is 31.6 Å². The number of hydrogen-bond acceptors (Lipinski definition) is 2. The van der Waals surface area contributed by atoms with E-state index in [0.29, 0.717) is 5.92 Å². The molecule has 1 aromatic carbocycles. The van der Waals surface area contributed by atoms with Crippen LogP contribution < -0.4 is 10.1 Å². The van der Waals surface area contributed by atoms with Crippen LogP contribution in [-0.2, 0) is 6.42 Å². The fourth-order valence-electron chi connectivity index (χ4n) is 3.23. The van der Waals surface area contributed by atoms with E-state index >= 15 is 0 Å². The van der Waals surface area contributed by atoms with Gasteiger partial charge in [-0.3, -0.25) is 0 Å². The SMILES string of the molecule is CCCC(C)c1ccc2c(c1)CC(CC)(CCNC)O2. The molecule has 2 atom stereocenters. The number of fused-ring (bicyclic) bond motifs is 1. The van der Waals surface area contributed by atoms with Crippen LogP contribution in [0.3, 0.4) is 0 Å². The van der Waals surface area contributed by atoms with E-state index in [-0.39, 0.29) is 5.60 Å². The quantitative estimate of drug-likeness (QED) is 0.802. The van der Waals surface area contributed by atoms with Gasteiger partial charge in [-0.05, 0) is 56.0 Å². The molecule has 0 bridgehead atoms. The van der Waals surface area contributed by atoms with Crippen molar-refractivity contribution in [2.24, 2.45) is 0 Å². The first kappa shape index (κ1) is 15.4. The maximum absolute atomic E-state index is 6.30. The van der Waals surface area contributed by atoms with Crippen LogP contribution in [0.25, 0.3) is 0 Å². The number of rotatable bonds is 7. The third kappa shape index (κ3) is 3.17. The second-order valence-corrected chi connectivity index (χ2v) is 6.23. The molecule has 2 heteroatoms. The first-order chi connectivity index (χ1) is 9.64.